The van der Waals surface area contributed by atoms with E-state index in [0.29, 0.717) is 41.8 Å². The SMILES string of the molecule is COc1cc(-c2nc3ccccc3s2)cc(OC)c1OCCCCCOc1cc(=O)oc2ccccc12. The lowest BCUT2D eigenvalue weighted by molar-refractivity contribution is 0.258. The molecular weight excluding hydrogens is 490 g/mol. The van der Waals surface area contributed by atoms with Crippen LogP contribution in [0.2, 0.25) is 0 Å². The molecule has 0 aliphatic heterocycles. The number of ether oxygens (including phenoxy) is 4. The van der Waals surface area contributed by atoms with Gasteiger partial charge in [-0.3, -0.25) is 0 Å². The summed E-state index contributed by atoms with van der Waals surface area (Å²) in [5, 5.41) is 1.69. The Labute approximate surface area is 218 Å². The molecule has 190 valence electrons. The molecule has 0 saturated heterocycles. The monoisotopic (exact) mass is 517 g/mol. The Bertz CT molecular complexity index is 1520. The van der Waals surface area contributed by atoms with Gasteiger partial charge in [0, 0.05) is 5.56 Å². The first-order valence-corrected chi connectivity index (χ1v) is 12.9. The van der Waals surface area contributed by atoms with Crippen LogP contribution in [0.4, 0.5) is 0 Å². The highest BCUT2D eigenvalue weighted by Crippen LogP contribution is 2.43. The van der Waals surface area contributed by atoms with Gasteiger partial charge >= 0.3 is 5.63 Å². The van der Waals surface area contributed by atoms with Crippen LogP contribution in [-0.4, -0.2) is 32.4 Å². The van der Waals surface area contributed by atoms with Crippen LogP contribution in [-0.2, 0) is 0 Å². The van der Waals surface area contributed by atoms with Crippen LogP contribution in [0.25, 0.3) is 31.8 Å². The Morgan fingerprint density at radius 1 is 0.811 bits per heavy atom. The molecule has 0 amide bonds. The predicted molar refractivity (Wildman–Crippen MR) is 145 cm³/mol. The summed E-state index contributed by atoms with van der Waals surface area (Å²) in [6.07, 6.45) is 2.55. The Morgan fingerprint density at radius 3 is 2.27 bits per heavy atom. The summed E-state index contributed by atoms with van der Waals surface area (Å²) in [6, 6.07) is 20.7. The number of rotatable bonds is 11. The standard InChI is InChI=1S/C29H27NO6S/c1-32-24-16-19(29-30-21-11-5-7-13-26(21)37-29)17-25(33-2)28(24)35-15-9-3-8-14-34-23-18-27(31)36-22-12-6-4-10-20(22)23/h4-7,10-13,16-18H,3,8-9,14-15H2,1-2H3. The molecule has 0 bridgehead atoms. The van der Waals surface area contributed by atoms with Gasteiger partial charge in [0.05, 0.1) is 49.1 Å². The molecule has 2 heterocycles. The summed E-state index contributed by atoms with van der Waals surface area (Å²) in [5.41, 5.74) is 1.99. The van der Waals surface area contributed by atoms with Crippen molar-refractivity contribution in [3.05, 3.63) is 77.2 Å². The third kappa shape index (κ3) is 5.54. The van der Waals surface area contributed by atoms with Crippen molar-refractivity contribution < 1.29 is 23.4 Å². The van der Waals surface area contributed by atoms with Crippen molar-refractivity contribution in [2.45, 2.75) is 19.3 Å². The zero-order valence-corrected chi connectivity index (χ0v) is 21.5. The summed E-state index contributed by atoms with van der Waals surface area (Å²) in [6.45, 7) is 1.00. The van der Waals surface area contributed by atoms with E-state index in [1.54, 1.807) is 31.6 Å². The van der Waals surface area contributed by atoms with Crippen molar-refractivity contribution in [3.63, 3.8) is 0 Å². The van der Waals surface area contributed by atoms with Crippen LogP contribution in [0, 0.1) is 0 Å². The minimum Gasteiger partial charge on any atom is -0.493 e. The van der Waals surface area contributed by atoms with Gasteiger partial charge in [-0.25, -0.2) is 9.78 Å². The first-order valence-electron chi connectivity index (χ1n) is 12.1. The van der Waals surface area contributed by atoms with Gasteiger partial charge in [-0.2, -0.15) is 0 Å². The minimum absolute atomic E-state index is 0.417. The average Bonchev–Trinajstić information content (AvgIpc) is 3.36. The Balaban J connectivity index is 1.17. The molecule has 5 aromatic rings. The molecule has 0 fully saturated rings. The van der Waals surface area contributed by atoms with E-state index in [9.17, 15) is 4.79 Å². The molecule has 8 heteroatoms. The summed E-state index contributed by atoms with van der Waals surface area (Å²) < 4.78 is 29.6. The van der Waals surface area contributed by atoms with E-state index in [1.807, 2.05) is 48.5 Å². The molecule has 0 saturated carbocycles. The third-order valence-corrected chi connectivity index (χ3v) is 6.99. The van der Waals surface area contributed by atoms with E-state index in [-0.39, 0.29) is 0 Å². The van der Waals surface area contributed by atoms with Crippen molar-refractivity contribution in [3.8, 4) is 33.6 Å². The van der Waals surface area contributed by atoms with Gasteiger partial charge in [0.25, 0.3) is 0 Å². The molecule has 37 heavy (non-hydrogen) atoms. The van der Waals surface area contributed by atoms with Gasteiger partial charge in [-0.1, -0.05) is 24.3 Å². The number of nitrogens with zero attached hydrogens (tertiary/aromatic N) is 1. The van der Waals surface area contributed by atoms with Crippen LogP contribution in [0.15, 0.2) is 75.9 Å². The van der Waals surface area contributed by atoms with Crippen LogP contribution < -0.4 is 24.6 Å². The van der Waals surface area contributed by atoms with E-state index in [0.717, 1.165) is 45.4 Å². The number of methoxy groups -OCH3 is 2. The van der Waals surface area contributed by atoms with Gasteiger partial charge < -0.3 is 23.4 Å². The maximum absolute atomic E-state index is 11.8. The zero-order valence-electron chi connectivity index (χ0n) is 20.7. The fourth-order valence-corrected chi connectivity index (χ4v) is 5.03. The third-order valence-electron chi connectivity index (χ3n) is 5.91. The van der Waals surface area contributed by atoms with E-state index in [1.165, 1.54) is 6.07 Å². The first-order chi connectivity index (χ1) is 18.2. The predicted octanol–water partition coefficient (Wildman–Crippen LogP) is 6.72. The van der Waals surface area contributed by atoms with Gasteiger partial charge in [0.2, 0.25) is 5.75 Å². The van der Waals surface area contributed by atoms with E-state index in [2.05, 4.69) is 6.07 Å². The summed E-state index contributed by atoms with van der Waals surface area (Å²) in [5.74, 6) is 2.33. The molecule has 0 atom stereocenters. The molecule has 7 nitrogen and oxygen atoms in total. The number of hydrogen-bond acceptors (Lipinski definition) is 8. The normalized spacial score (nSPS) is 11.1. The topological polar surface area (TPSA) is 80.0 Å². The van der Waals surface area contributed by atoms with Crippen LogP contribution in [0.5, 0.6) is 23.0 Å². The molecule has 0 unspecified atom stereocenters. The second-order valence-electron chi connectivity index (χ2n) is 8.38. The number of hydrogen-bond donors (Lipinski definition) is 0. The highest BCUT2D eigenvalue weighted by Gasteiger charge is 2.17. The molecule has 3 aromatic carbocycles. The Hall–Kier alpha value is -4.04. The van der Waals surface area contributed by atoms with Crippen molar-refractivity contribution in [1.29, 1.82) is 0 Å². The Kier molecular flexibility index (Phi) is 7.56. The molecule has 0 aliphatic rings. The molecule has 0 aliphatic carbocycles. The Morgan fingerprint density at radius 2 is 1.51 bits per heavy atom. The minimum atomic E-state index is -0.417. The molecule has 0 spiro atoms. The van der Waals surface area contributed by atoms with E-state index in [4.69, 9.17) is 28.3 Å². The second kappa shape index (κ2) is 11.3. The number of fused-ring (bicyclic) bond motifs is 2. The molecule has 0 N–H and O–H groups in total. The van der Waals surface area contributed by atoms with Crippen molar-refractivity contribution in [2.24, 2.45) is 0 Å². The van der Waals surface area contributed by atoms with Crippen molar-refractivity contribution in [2.75, 3.05) is 27.4 Å². The first kappa shape index (κ1) is 24.6. The van der Waals surface area contributed by atoms with Crippen LogP contribution in [0.3, 0.4) is 0 Å². The lowest BCUT2D eigenvalue weighted by Gasteiger charge is -2.15. The van der Waals surface area contributed by atoms with Gasteiger partial charge in [0.1, 0.15) is 16.3 Å². The second-order valence-corrected chi connectivity index (χ2v) is 9.41. The molecular formula is C29H27NO6S. The smallest absolute Gasteiger partial charge is 0.339 e. The number of para-hydroxylation sites is 2. The van der Waals surface area contributed by atoms with Crippen molar-refractivity contribution in [1.82, 2.24) is 4.98 Å². The highest BCUT2D eigenvalue weighted by atomic mass is 32.1. The number of benzene rings is 3. The molecule has 5 rings (SSSR count). The lowest BCUT2D eigenvalue weighted by Crippen LogP contribution is -2.05. The number of unbranched alkanes of at least 4 members (excludes halogenated alkanes) is 2. The highest BCUT2D eigenvalue weighted by molar-refractivity contribution is 7.21. The summed E-state index contributed by atoms with van der Waals surface area (Å²) in [7, 11) is 3.24. The summed E-state index contributed by atoms with van der Waals surface area (Å²) >= 11 is 1.63. The van der Waals surface area contributed by atoms with E-state index >= 15 is 0 Å². The molecule has 0 radical (unpaired) electrons. The fraction of sp³-hybridized carbons (Fsp3) is 0.241. The van der Waals surface area contributed by atoms with Crippen molar-refractivity contribution >= 4 is 32.5 Å². The van der Waals surface area contributed by atoms with Crippen LogP contribution >= 0.6 is 11.3 Å². The van der Waals surface area contributed by atoms with Crippen LogP contribution in [0.1, 0.15) is 19.3 Å². The van der Waals surface area contributed by atoms with E-state index < -0.39 is 5.63 Å². The fourth-order valence-electron chi connectivity index (χ4n) is 4.08. The number of aromatic nitrogens is 1. The van der Waals surface area contributed by atoms with Gasteiger partial charge in [-0.15, -0.1) is 11.3 Å². The average molecular weight is 518 g/mol. The summed E-state index contributed by atoms with van der Waals surface area (Å²) in [4.78, 5) is 16.5. The maximum Gasteiger partial charge on any atom is 0.339 e. The quantitative estimate of drug-likeness (QED) is 0.142. The lowest BCUT2D eigenvalue weighted by atomic mass is 10.2. The molecule has 2 aromatic heterocycles. The maximum atomic E-state index is 11.8. The largest absolute Gasteiger partial charge is 0.493 e. The number of thiazole rings is 1. The van der Waals surface area contributed by atoms with Gasteiger partial charge in [0.15, 0.2) is 11.5 Å². The zero-order chi connectivity index (χ0) is 25.6. The van der Waals surface area contributed by atoms with Gasteiger partial charge in [-0.05, 0) is 55.7 Å².